The summed E-state index contributed by atoms with van der Waals surface area (Å²) in [7, 11) is 0. The van der Waals surface area contributed by atoms with Gasteiger partial charge in [-0.3, -0.25) is 0 Å². The lowest BCUT2D eigenvalue weighted by molar-refractivity contribution is 0.598. The summed E-state index contributed by atoms with van der Waals surface area (Å²) in [6.07, 6.45) is 6.46. The van der Waals surface area contributed by atoms with E-state index < -0.39 is 0 Å². The average Bonchev–Trinajstić information content (AvgIpc) is 3.03. The summed E-state index contributed by atoms with van der Waals surface area (Å²) in [6.45, 7) is 2.25. The summed E-state index contributed by atoms with van der Waals surface area (Å²) < 4.78 is 3.30. The third-order valence-electron chi connectivity index (χ3n) is 3.76. The first-order valence-corrected chi connectivity index (χ1v) is 8.15. The van der Waals surface area contributed by atoms with Gasteiger partial charge in [-0.1, -0.05) is 13.3 Å². The molecule has 2 aromatic rings. The number of fused-ring (bicyclic) bond motifs is 1. The highest BCUT2D eigenvalue weighted by molar-refractivity contribution is 9.10. The third-order valence-corrected chi connectivity index (χ3v) is 4.39. The van der Waals surface area contributed by atoms with Crippen molar-refractivity contribution in [1.29, 1.82) is 0 Å². The molecule has 5 heteroatoms. The summed E-state index contributed by atoms with van der Waals surface area (Å²) in [5, 5.41) is 0. The van der Waals surface area contributed by atoms with Gasteiger partial charge in [-0.25, -0.2) is 9.97 Å². The zero-order valence-electron chi connectivity index (χ0n) is 10.9. The molecule has 102 valence electrons. The first-order chi connectivity index (χ1) is 9.24. The Hall–Kier alpha value is -0.610. The molecular formula is C14H17BrClN3. The summed E-state index contributed by atoms with van der Waals surface area (Å²) in [4.78, 5) is 9.26. The molecule has 1 aliphatic carbocycles. The second-order valence-electron chi connectivity index (χ2n) is 5.19. The van der Waals surface area contributed by atoms with E-state index in [4.69, 9.17) is 16.6 Å². The van der Waals surface area contributed by atoms with Gasteiger partial charge in [0.2, 0.25) is 0 Å². The summed E-state index contributed by atoms with van der Waals surface area (Å²) in [5.74, 6) is 2.48. The van der Waals surface area contributed by atoms with Crippen LogP contribution in [0.4, 0.5) is 0 Å². The minimum atomic E-state index is 0.580. The Morgan fingerprint density at radius 1 is 1.53 bits per heavy atom. The molecule has 2 aromatic heterocycles. The highest BCUT2D eigenvalue weighted by Gasteiger charge is 2.40. The van der Waals surface area contributed by atoms with Crippen molar-refractivity contribution < 1.29 is 0 Å². The van der Waals surface area contributed by atoms with Crippen molar-refractivity contribution >= 4 is 38.7 Å². The minimum absolute atomic E-state index is 0.580. The number of rotatable bonds is 5. The quantitative estimate of drug-likeness (QED) is 0.757. The predicted molar refractivity (Wildman–Crippen MR) is 81.7 cm³/mol. The van der Waals surface area contributed by atoms with Crippen LogP contribution < -0.4 is 0 Å². The standard InChI is InChI=1S/C14H17BrClN3/c1-2-3-9-6-12(9)19-13(4-5-16)18-11-7-10(15)8-17-14(11)19/h7-9,12H,2-6H2,1H3. The van der Waals surface area contributed by atoms with Crippen LogP contribution in [0.3, 0.4) is 0 Å². The summed E-state index contributed by atoms with van der Waals surface area (Å²) in [6, 6.07) is 2.62. The molecule has 2 unspecified atom stereocenters. The predicted octanol–water partition coefficient (Wildman–Crippen LogP) is 4.34. The molecule has 0 radical (unpaired) electrons. The van der Waals surface area contributed by atoms with Gasteiger partial charge in [-0.2, -0.15) is 0 Å². The zero-order valence-corrected chi connectivity index (χ0v) is 13.3. The van der Waals surface area contributed by atoms with Gasteiger partial charge in [-0.05, 0) is 40.8 Å². The van der Waals surface area contributed by atoms with Gasteiger partial charge in [-0.15, -0.1) is 11.6 Å². The Kier molecular flexibility index (Phi) is 3.81. The fourth-order valence-electron chi connectivity index (χ4n) is 2.84. The number of aryl methyl sites for hydroxylation is 1. The zero-order chi connectivity index (χ0) is 13.4. The van der Waals surface area contributed by atoms with Crippen molar-refractivity contribution in [2.24, 2.45) is 5.92 Å². The van der Waals surface area contributed by atoms with Gasteiger partial charge in [0.05, 0.1) is 0 Å². The number of halogens is 2. The van der Waals surface area contributed by atoms with Crippen molar-refractivity contribution in [2.75, 3.05) is 5.88 Å². The van der Waals surface area contributed by atoms with E-state index in [9.17, 15) is 0 Å². The monoisotopic (exact) mass is 341 g/mol. The first-order valence-electron chi connectivity index (χ1n) is 6.83. The minimum Gasteiger partial charge on any atom is -0.309 e. The molecule has 2 heterocycles. The molecule has 0 saturated heterocycles. The Morgan fingerprint density at radius 3 is 3.11 bits per heavy atom. The topological polar surface area (TPSA) is 30.7 Å². The second-order valence-corrected chi connectivity index (χ2v) is 6.48. The van der Waals surface area contributed by atoms with Gasteiger partial charge in [0.15, 0.2) is 5.65 Å². The van der Waals surface area contributed by atoms with Crippen molar-refractivity contribution in [1.82, 2.24) is 14.5 Å². The van der Waals surface area contributed by atoms with Crippen molar-refractivity contribution in [2.45, 2.75) is 38.6 Å². The van der Waals surface area contributed by atoms with Crippen LogP contribution in [-0.2, 0) is 6.42 Å². The fraction of sp³-hybridized carbons (Fsp3) is 0.571. The van der Waals surface area contributed by atoms with E-state index in [2.05, 4.69) is 32.4 Å². The molecule has 1 aliphatic rings. The van der Waals surface area contributed by atoms with Crippen LogP contribution in [0.1, 0.15) is 38.1 Å². The smallest absolute Gasteiger partial charge is 0.160 e. The van der Waals surface area contributed by atoms with E-state index in [-0.39, 0.29) is 0 Å². The van der Waals surface area contributed by atoms with E-state index in [0.717, 1.165) is 33.8 Å². The van der Waals surface area contributed by atoms with Crippen molar-refractivity contribution in [3.05, 3.63) is 22.6 Å². The number of nitrogens with zero attached hydrogens (tertiary/aromatic N) is 3. The number of hydrogen-bond donors (Lipinski definition) is 0. The number of pyridine rings is 1. The molecule has 19 heavy (non-hydrogen) atoms. The molecule has 0 spiro atoms. The van der Waals surface area contributed by atoms with Gasteiger partial charge < -0.3 is 4.57 Å². The maximum Gasteiger partial charge on any atom is 0.160 e. The highest BCUT2D eigenvalue weighted by Crippen LogP contribution is 2.48. The average molecular weight is 343 g/mol. The molecule has 1 fully saturated rings. The molecular weight excluding hydrogens is 326 g/mol. The number of imidazole rings is 1. The van der Waals surface area contributed by atoms with E-state index in [1.165, 1.54) is 19.3 Å². The van der Waals surface area contributed by atoms with E-state index in [1.54, 1.807) is 0 Å². The Morgan fingerprint density at radius 2 is 2.37 bits per heavy atom. The summed E-state index contributed by atoms with van der Waals surface area (Å²) in [5.41, 5.74) is 1.98. The van der Waals surface area contributed by atoms with Gasteiger partial charge in [0, 0.05) is 29.0 Å². The third kappa shape index (κ3) is 2.52. The summed E-state index contributed by atoms with van der Waals surface area (Å²) >= 11 is 9.36. The van der Waals surface area contributed by atoms with E-state index in [1.807, 2.05) is 12.3 Å². The first kappa shape index (κ1) is 13.4. The lowest BCUT2D eigenvalue weighted by Crippen LogP contribution is -2.04. The van der Waals surface area contributed by atoms with E-state index >= 15 is 0 Å². The molecule has 0 amide bonds. The van der Waals surface area contributed by atoms with Crippen LogP contribution in [0.2, 0.25) is 0 Å². The largest absolute Gasteiger partial charge is 0.309 e. The lowest BCUT2D eigenvalue weighted by atomic mass is 10.2. The van der Waals surface area contributed by atoms with Crippen LogP contribution in [0.25, 0.3) is 11.2 Å². The SMILES string of the molecule is CCCC1CC1n1c(CCCl)nc2cc(Br)cnc21. The molecule has 0 aliphatic heterocycles. The van der Waals surface area contributed by atoms with Gasteiger partial charge >= 0.3 is 0 Å². The van der Waals surface area contributed by atoms with E-state index in [0.29, 0.717) is 11.9 Å². The molecule has 3 nitrogen and oxygen atoms in total. The number of hydrogen-bond acceptors (Lipinski definition) is 2. The van der Waals surface area contributed by atoms with Crippen molar-refractivity contribution in [3.8, 4) is 0 Å². The van der Waals surface area contributed by atoms with Crippen LogP contribution in [0.15, 0.2) is 16.7 Å². The van der Waals surface area contributed by atoms with Gasteiger partial charge in [0.1, 0.15) is 11.3 Å². The normalized spacial score (nSPS) is 22.1. The molecule has 0 bridgehead atoms. The van der Waals surface area contributed by atoms with Crippen molar-refractivity contribution in [3.63, 3.8) is 0 Å². The molecule has 3 rings (SSSR count). The maximum atomic E-state index is 5.91. The van der Waals surface area contributed by atoms with Crippen LogP contribution in [0.5, 0.6) is 0 Å². The molecule has 2 atom stereocenters. The van der Waals surface area contributed by atoms with Gasteiger partial charge in [0.25, 0.3) is 0 Å². The fourth-order valence-corrected chi connectivity index (χ4v) is 3.33. The lowest BCUT2D eigenvalue weighted by Gasteiger charge is -2.07. The number of aromatic nitrogens is 3. The van der Waals surface area contributed by atoms with Crippen LogP contribution in [0, 0.1) is 5.92 Å². The molecule has 0 aromatic carbocycles. The Balaban J connectivity index is 2.02. The highest BCUT2D eigenvalue weighted by atomic mass is 79.9. The maximum absolute atomic E-state index is 5.91. The van der Waals surface area contributed by atoms with Crippen LogP contribution in [-0.4, -0.2) is 20.4 Å². The number of alkyl halides is 1. The second kappa shape index (κ2) is 5.41. The molecule has 0 N–H and O–H groups in total. The van der Waals surface area contributed by atoms with Crippen LogP contribution >= 0.6 is 27.5 Å². The Labute approximate surface area is 126 Å². The Bertz CT molecular complexity index is 596. The molecule has 1 saturated carbocycles.